The van der Waals surface area contributed by atoms with Crippen LogP contribution in [0.1, 0.15) is 23.8 Å². The van der Waals surface area contributed by atoms with Gasteiger partial charge in [0, 0.05) is 47.8 Å². The van der Waals surface area contributed by atoms with Crippen LogP contribution in [0.15, 0.2) is 59.9 Å². The fraction of sp³-hybridized carbons (Fsp3) is 0.263. The highest BCUT2D eigenvalue weighted by Gasteiger charge is 2.23. The van der Waals surface area contributed by atoms with Crippen molar-refractivity contribution in [1.29, 1.82) is 0 Å². The number of nitrogens with one attached hydrogen (secondary N) is 2. The molecule has 4 rings (SSSR count). The number of benzene rings is 1. The minimum Gasteiger partial charge on any atom is -0.372 e. The number of rotatable bonds is 4. The number of nitrogens with zero attached hydrogens (tertiary/aromatic N) is 2. The molecule has 0 spiro atoms. The first kappa shape index (κ1) is 16.0. The van der Waals surface area contributed by atoms with Crippen molar-refractivity contribution < 1.29 is 4.79 Å². The summed E-state index contributed by atoms with van der Waals surface area (Å²) in [7, 11) is 0. The number of aromatic nitrogens is 1. The summed E-state index contributed by atoms with van der Waals surface area (Å²) in [5.74, 6) is -0.118. The van der Waals surface area contributed by atoms with Gasteiger partial charge in [-0.05, 0) is 43.2 Å². The highest BCUT2D eigenvalue weighted by atomic mass is 32.2. The second-order valence-electron chi connectivity index (χ2n) is 6.17. The van der Waals surface area contributed by atoms with Crippen LogP contribution in [0, 0.1) is 0 Å². The lowest BCUT2D eigenvalue weighted by molar-refractivity contribution is -0.113. The summed E-state index contributed by atoms with van der Waals surface area (Å²) >= 11 is 1.58. The van der Waals surface area contributed by atoms with E-state index in [-0.39, 0.29) is 11.3 Å². The summed E-state index contributed by atoms with van der Waals surface area (Å²) in [4.78, 5) is 19.0. The quantitative estimate of drug-likeness (QED) is 0.882. The molecule has 1 unspecified atom stereocenters. The van der Waals surface area contributed by atoms with E-state index < -0.39 is 0 Å². The van der Waals surface area contributed by atoms with Gasteiger partial charge in [0.15, 0.2) is 0 Å². The number of carbonyl (C=O) groups excluding carboxylic acids is 1. The highest BCUT2D eigenvalue weighted by molar-refractivity contribution is 8.02. The zero-order valence-electron chi connectivity index (χ0n) is 13.8. The fourth-order valence-electron chi connectivity index (χ4n) is 3.09. The first-order valence-corrected chi connectivity index (χ1v) is 9.42. The fourth-order valence-corrected chi connectivity index (χ4v) is 4.03. The average molecular weight is 352 g/mol. The average Bonchev–Trinajstić information content (AvgIpc) is 3.35. The molecular formula is C19H20N4OS. The lowest BCUT2D eigenvalue weighted by Crippen LogP contribution is -2.24. The van der Waals surface area contributed by atoms with Crippen LogP contribution in [0.3, 0.4) is 0 Å². The lowest BCUT2D eigenvalue weighted by Gasteiger charge is -2.18. The van der Waals surface area contributed by atoms with Gasteiger partial charge in [0.2, 0.25) is 0 Å². The Morgan fingerprint density at radius 3 is 2.72 bits per heavy atom. The molecule has 0 saturated carbocycles. The van der Waals surface area contributed by atoms with E-state index in [0.717, 1.165) is 24.3 Å². The Hall–Kier alpha value is -2.47. The third-order valence-electron chi connectivity index (χ3n) is 4.44. The molecule has 1 saturated heterocycles. The van der Waals surface area contributed by atoms with Gasteiger partial charge in [-0.15, -0.1) is 11.8 Å². The molecule has 5 nitrogen and oxygen atoms in total. The molecule has 0 radical (unpaired) electrons. The van der Waals surface area contributed by atoms with Crippen LogP contribution < -0.4 is 15.5 Å². The van der Waals surface area contributed by atoms with Crippen molar-refractivity contribution in [3.63, 3.8) is 0 Å². The number of carbonyl (C=O) groups is 1. The number of pyridine rings is 1. The summed E-state index contributed by atoms with van der Waals surface area (Å²) in [6.45, 7) is 2.24. The van der Waals surface area contributed by atoms with E-state index >= 15 is 0 Å². The topological polar surface area (TPSA) is 57.3 Å². The number of thioether (sulfide) groups is 1. The molecule has 2 N–H and O–H groups in total. The number of hydrogen-bond donors (Lipinski definition) is 2. The van der Waals surface area contributed by atoms with E-state index in [0.29, 0.717) is 5.70 Å². The van der Waals surface area contributed by atoms with Crippen LogP contribution in [0.4, 0.5) is 11.4 Å². The third-order valence-corrected chi connectivity index (χ3v) is 5.47. The predicted molar refractivity (Wildman–Crippen MR) is 102 cm³/mol. The Balaban J connectivity index is 1.36. The van der Waals surface area contributed by atoms with Gasteiger partial charge in [0.05, 0.1) is 0 Å². The van der Waals surface area contributed by atoms with Gasteiger partial charge in [-0.2, -0.15) is 0 Å². The van der Waals surface area contributed by atoms with Crippen LogP contribution in [0.5, 0.6) is 0 Å². The van der Waals surface area contributed by atoms with Gasteiger partial charge in [0.1, 0.15) is 11.1 Å². The summed E-state index contributed by atoms with van der Waals surface area (Å²) in [6.07, 6.45) is 6.08. The number of amides is 1. The van der Waals surface area contributed by atoms with Crippen molar-refractivity contribution in [2.75, 3.05) is 23.3 Å². The predicted octanol–water partition coefficient (Wildman–Crippen LogP) is 3.50. The summed E-state index contributed by atoms with van der Waals surface area (Å²) in [5, 5.41) is 8.10. The Morgan fingerprint density at radius 1 is 1.20 bits per heavy atom. The third kappa shape index (κ3) is 3.64. The molecule has 1 aromatic carbocycles. The van der Waals surface area contributed by atoms with E-state index in [1.165, 1.54) is 18.5 Å². The van der Waals surface area contributed by atoms with Crippen molar-refractivity contribution in [2.45, 2.75) is 18.2 Å². The molecule has 1 aromatic heterocycles. The maximum atomic E-state index is 12.5. The van der Waals surface area contributed by atoms with Crippen molar-refractivity contribution in [3.05, 3.63) is 65.5 Å². The van der Waals surface area contributed by atoms with E-state index in [1.807, 2.05) is 35.9 Å². The number of anilines is 2. The minimum atomic E-state index is -0.118. The second kappa shape index (κ2) is 7.19. The molecule has 1 atom stereocenters. The molecule has 25 heavy (non-hydrogen) atoms. The molecule has 6 heteroatoms. The molecule has 0 aliphatic carbocycles. The van der Waals surface area contributed by atoms with Gasteiger partial charge >= 0.3 is 0 Å². The molecule has 1 amide bonds. The highest BCUT2D eigenvalue weighted by Crippen LogP contribution is 2.33. The van der Waals surface area contributed by atoms with Gasteiger partial charge < -0.3 is 15.5 Å². The largest absolute Gasteiger partial charge is 0.372 e. The standard InChI is InChI=1S/C19H20N4OS/c24-18(17-13-25-19(22-17)14-4-3-9-20-12-14)21-15-5-7-16(8-6-15)23-10-1-2-11-23/h3-9,12-13,19,22H,1-2,10-11H2,(H,21,24). The Morgan fingerprint density at radius 2 is 2.00 bits per heavy atom. The van der Waals surface area contributed by atoms with Crippen LogP contribution in [-0.2, 0) is 4.79 Å². The van der Waals surface area contributed by atoms with Crippen LogP contribution in [0.2, 0.25) is 0 Å². The maximum absolute atomic E-state index is 12.5. The first-order chi connectivity index (χ1) is 12.3. The molecule has 2 aromatic rings. The minimum absolute atomic E-state index is 0.0343. The van der Waals surface area contributed by atoms with Crippen molar-refractivity contribution in [3.8, 4) is 0 Å². The van der Waals surface area contributed by atoms with E-state index in [9.17, 15) is 4.79 Å². The molecule has 128 valence electrons. The molecule has 2 aliphatic rings. The monoisotopic (exact) mass is 352 g/mol. The Bertz CT molecular complexity index is 770. The van der Waals surface area contributed by atoms with Crippen molar-refractivity contribution >= 4 is 29.0 Å². The zero-order valence-corrected chi connectivity index (χ0v) is 14.6. The smallest absolute Gasteiger partial charge is 0.272 e. The lowest BCUT2D eigenvalue weighted by atomic mass is 10.2. The summed E-state index contributed by atoms with van der Waals surface area (Å²) in [6, 6.07) is 12.0. The molecule has 3 heterocycles. The van der Waals surface area contributed by atoms with Gasteiger partial charge in [-0.3, -0.25) is 9.78 Å². The molecule has 1 fully saturated rings. The second-order valence-corrected chi connectivity index (χ2v) is 7.15. The maximum Gasteiger partial charge on any atom is 0.272 e. The van der Waals surface area contributed by atoms with Crippen LogP contribution in [0.25, 0.3) is 0 Å². The number of hydrogen-bond acceptors (Lipinski definition) is 5. The molecule has 0 bridgehead atoms. The van der Waals surface area contributed by atoms with Gasteiger partial charge in [-0.1, -0.05) is 6.07 Å². The van der Waals surface area contributed by atoms with Crippen LogP contribution >= 0.6 is 11.8 Å². The Labute approximate surface area is 151 Å². The SMILES string of the molecule is O=C(Nc1ccc(N2CCCC2)cc1)C1=CSC(c2cccnc2)N1. The first-order valence-electron chi connectivity index (χ1n) is 8.48. The van der Waals surface area contributed by atoms with Crippen LogP contribution in [-0.4, -0.2) is 24.0 Å². The van der Waals surface area contributed by atoms with Gasteiger partial charge in [0.25, 0.3) is 5.91 Å². The molecular weight excluding hydrogens is 332 g/mol. The van der Waals surface area contributed by atoms with Gasteiger partial charge in [-0.25, -0.2) is 0 Å². The summed E-state index contributed by atoms with van der Waals surface area (Å²) in [5.41, 5.74) is 3.68. The zero-order chi connectivity index (χ0) is 17.1. The van der Waals surface area contributed by atoms with E-state index in [2.05, 4.69) is 32.7 Å². The van der Waals surface area contributed by atoms with Crippen molar-refractivity contribution in [1.82, 2.24) is 10.3 Å². The van der Waals surface area contributed by atoms with Crippen molar-refractivity contribution in [2.24, 2.45) is 0 Å². The van der Waals surface area contributed by atoms with E-state index in [1.54, 1.807) is 18.0 Å². The Kier molecular flexibility index (Phi) is 4.61. The summed E-state index contributed by atoms with van der Waals surface area (Å²) < 4.78 is 0. The normalized spacial score (nSPS) is 19.4. The molecule has 2 aliphatic heterocycles. The van der Waals surface area contributed by atoms with E-state index in [4.69, 9.17) is 0 Å².